The smallest absolute Gasteiger partial charge is 0.180 e. The number of nitrogens with zero attached hydrogens (tertiary/aromatic N) is 1. The van der Waals surface area contributed by atoms with Crippen molar-refractivity contribution >= 4 is 27.4 Å². The summed E-state index contributed by atoms with van der Waals surface area (Å²) in [6.07, 6.45) is 1.99. The minimum absolute atomic E-state index is 0.596. The van der Waals surface area contributed by atoms with Crippen LogP contribution >= 0.6 is 11.3 Å². The van der Waals surface area contributed by atoms with Crippen LogP contribution in [0, 0.1) is 0 Å². The SMILES string of the molecule is Nc1nc(-c2c[nH]c3ccc(-c4ccccc4)cc23)cs1. The van der Waals surface area contributed by atoms with Gasteiger partial charge >= 0.3 is 0 Å². The van der Waals surface area contributed by atoms with Gasteiger partial charge in [-0.3, -0.25) is 0 Å². The second-order valence-electron chi connectivity index (χ2n) is 4.90. The molecule has 2 aromatic carbocycles. The van der Waals surface area contributed by atoms with Gasteiger partial charge in [0.2, 0.25) is 0 Å². The number of nitrogen functional groups attached to an aromatic ring is 1. The zero-order chi connectivity index (χ0) is 14.2. The molecule has 0 aliphatic carbocycles. The highest BCUT2D eigenvalue weighted by atomic mass is 32.1. The highest BCUT2D eigenvalue weighted by Gasteiger charge is 2.10. The molecule has 102 valence electrons. The van der Waals surface area contributed by atoms with Crippen LogP contribution in [0.3, 0.4) is 0 Å². The maximum atomic E-state index is 5.75. The van der Waals surface area contributed by atoms with E-state index in [1.54, 1.807) is 0 Å². The minimum Gasteiger partial charge on any atom is -0.375 e. The Balaban J connectivity index is 1.90. The van der Waals surface area contributed by atoms with Gasteiger partial charge in [-0.1, -0.05) is 36.4 Å². The van der Waals surface area contributed by atoms with Crippen LogP contribution in [-0.4, -0.2) is 9.97 Å². The van der Waals surface area contributed by atoms with E-state index in [0.29, 0.717) is 5.13 Å². The molecule has 4 heteroatoms. The summed E-state index contributed by atoms with van der Waals surface area (Å²) in [5.41, 5.74) is 11.3. The molecule has 4 rings (SSSR count). The van der Waals surface area contributed by atoms with Gasteiger partial charge in [0.05, 0.1) is 5.69 Å². The van der Waals surface area contributed by atoms with Crippen LogP contribution in [0.4, 0.5) is 5.13 Å². The van der Waals surface area contributed by atoms with Gasteiger partial charge in [-0.05, 0) is 23.3 Å². The molecule has 0 unspecified atom stereocenters. The Morgan fingerprint density at radius 2 is 1.86 bits per heavy atom. The molecule has 2 heterocycles. The average molecular weight is 291 g/mol. The zero-order valence-corrected chi connectivity index (χ0v) is 12.0. The minimum atomic E-state index is 0.596. The molecule has 0 aliphatic heterocycles. The number of nitrogens with two attached hydrogens (primary N) is 1. The second kappa shape index (κ2) is 4.75. The van der Waals surface area contributed by atoms with Crippen molar-refractivity contribution in [2.45, 2.75) is 0 Å². The molecule has 0 atom stereocenters. The number of benzene rings is 2. The van der Waals surface area contributed by atoms with E-state index in [2.05, 4.69) is 52.4 Å². The van der Waals surface area contributed by atoms with E-state index in [0.717, 1.165) is 16.8 Å². The first-order valence-electron chi connectivity index (χ1n) is 6.69. The Bertz CT molecular complexity index is 906. The number of rotatable bonds is 2. The quantitative estimate of drug-likeness (QED) is 0.569. The number of fused-ring (bicyclic) bond motifs is 1. The standard InChI is InChI=1S/C17H13N3S/c18-17-20-16(10-21-17)14-9-19-15-7-6-12(8-13(14)15)11-4-2-1-3-5-11/h1-10,19H,(H2,18,20). The monoisotopic (exact) mass is 291 g/mol. The largest absolute Gasteiger partial charge is 0.375 e. The summed E-state index contributed by atoms with van der Waals surface area (Å²) in [7, 11) is 0. The van der Waals surface area contributed by atoms with Gasteiger partial charge in [0.1, 0.15) is 0 Å². The molecule has 0 amide bonds. The summed E-state index contributed by atoms with van der Waals surface area (Å²) in [6.45, 7) is 0. The van der Waals surface area contributed by atoms with Gasteiger partial charge in [-0.15, -0.1) is 11.3 Å². The summed E-state index contributed by atoms with van der Waals surface area (Å²) >= 11 is 1.46. The van der Waals surface area contributed by atoms with E-state index in [1.165, 1.54) is 27.8 Å². The fourth-order valence-electron chi connectivity index (χ4n) is 2.55. The van der Waals surface area contributed by atoms with Crippen LogP contribution in [0.5, 0.6) is 0 Å². The van der Waals surface area contributed by atoms with Crippen molar-refractivity contribution in [2.24, 2.45) is 0 Å². The molecule has 3 N–H and O–H groups in total. The molecule has 2 aromatic heterocycles. The Labute approximate surface area is 126 Å². The molecular formula is C17H13N3S. The lowest BCUT2D eigenvalue weighted by molar-refractivity contribution is 1.41. The lowest BCUT2D eigenvalue weighted by Crippen LogP contribution is -1.82. The van der Waals surface area contributed by atoms with E-state index in [1.807, 2.05) is 17.6 Å². The number of aromatic nitrogens is 2. The maximum Gasteiger partial charge on any atom is 0.180 e. The fraction of sp³-hybridized carbons (Fsp3) is 0. The first-order valence-corrected chi connectivity index (χ1v) is 7.57. The Kier molecular flexibility index (Phi) is 2.75. The molecule has 0 saturated carbocycles. The lowest BCUT2D eigenvalue weighted by Gasteiger charge is -2.02. The molecule has 4 aromatic rings. The molecule has 3 nitrogen and oxygen atoms in total. The number of hydrogen-bond donors (Lipinski definition) is 2. The van der Waals surface area contributed by atoms with Crippen LogP contribution in [0.2, 0.25) is 0 Å². The summed E-state index contributed by atoms with van der Waals surface area (Å²) in [5.74, 6) is 0. The number of anilines is 1. The molecule has 21 heavy (non-hydrogen) atoms. The van der Waals surface area contributed by atoms with E-state index >= 15 is 0 Å². The van der Waals surface area contributed by atoms with Crippen LogP contribution in [-0.2, 0) is 0 Å². The van der Waals surface area contributed by atoms with Gasteiger partial charge in [-0.25, -0.2) is 4.98 Å². The number of H-pyrrole nitrogens is 1. The highest BCUT2D eigenvalue weighted by Crippen LogP contribution is 2.33. The van der Waals surface area contributed by atoms with Crippen molar-refractivity contribution in [1.82, 2.24) is 9.97 Å². The van der Waals surface area contributed by atoms with Gasteiger partial charge in [-0.2, -0.15) is 0 Å². The topological polar surface area (TPSA) is 54.7 Å². The third-order valence-electron chi connectivity index (χ3n) is 3.59. The van der Waals surface area contributed by atoms with Gasteiger partial charge in [0.25, 0.3) is 0 Å². The van der Waals surface area contributed by atoms with Crippen molar-refractivity contribution in [3.05, 3.63) is 60.1 Å². The number of hydrogen-bond acceptors (Lipinski definition) is 3. The summed E-state index contributed by atoms with van der Waals surface area (Å²) in [4.78, 5) is 7.68. The Morgan fingerprint density at radius 3 is 2.62 bits per heavy atom. The van der Waals surface area contributed by atoms with Crippen LogP contribution < -0.4 is 5.73 Å². The van der Waals surface area contributed by atoms with Gasteiger partial charge in [0.15, 0.2) is 5.13 Å². The first-order chi connectivity index (χ1) is 10.3. The molecule has 0 aliphatic rings. The first kappa shape index (κ1) is 12.2. The van der Waals surface area contributed by atoms with Crippen molar-refractivity contribution in [1.29, 1.82) is 0 Å². The lowest BCUT2D eigenvalue weighted by atomic mass is 10.0. The van der Waals surface area contributed by atoms with E-state index in [-0.39, 0.29) is 0 Å². The van der Waals surface area contributed by atoms with Crippen molar-refractivity contribution in [2.75, 3.05) is 5.73 Å². The van der Waals surface area contributed by atoms with Gasteiger partial charge in [0, 0.05) is 28.0 Å². The average Bonchev–Trinajstić information content (AvgIpc) is 3.13. The summed E-state index contributed by atoms with van der Waals surface area (Å²) in [6, 6.07) is 16.8. The van der Waals surface area contributed by atoms with E-state index in [4.69, 9.17) is 5.73 Å². The third-order valence-corrected chi connectivity index (χ3v) is 4.26. The van der Waals surface area contributed by atoms with Crippen LogP contribution in [0.15, 0.2) is 60.1 Å². The van der Waals surface area contributed by atoms with E-state index < -0.39 is 0 Å². The molecule has 0 spiro atoms. The maximum absolute atomic E-state index is 5.75. The number of aromatic amines is 1. The molecule has 0 fully saturated rings. The summed E-state index contributed by atoms with van der Waals surface area (Å²) in [5, 5.41) is 3.76. The Hall–Kier alpha value is -2.59. The number of thiazole rings is 1. The molecular weight excluding hydrogens is 278 g/mol. The van der Waals surface area contributed by atoms with E-state index in [9.17, 15) is 0 Å². The Morgan fingerprint density at radius 1 is 1.00 bits per heavy atom. The molecule has 0 radical (unpaired) electrons. The molecule has 0 bridgehead atoms. The number of nitrogens with one attached hydrogen (secondary N) is 1. The predicted molar refractivity (Wildman–Crippen MR) is 89.3 cm³/mol. The molecule has 0 saturated heterocycles. The van der Waals surface area contributed by atoms with Crippen molar-refractivity contribution in [3.8, 4) is 22.4 Å². The summed E-state index contributed by atoms with van der Waals surface area (Å²) < 4.78 is 0. The van der Waals surface area contributed by atoms with Crippen molar-refractivity contribution in [3.63, 3.8) is 0 Å². The predicted octanol–water partition coefficient (Wildman–Crippen LogP) is 4.54. The normalized spacial score (nSPS) is 11.0. The second-order valence-corrected chi connectivity index (χ2v) is 5.79. The highest BCUT2D eigenvalue weighted by molar-refractivity contribution is 7.13. The van der Waals surface area contributed by atoms with Crippen molar-refractivity contribution < 1.29 is 0 Å². The third kappa shape index (κ3) is 2.10. The van der Waals surface area contributed by atoms with Crippen LogP contribution in [0.25, 0.3) is 33.3 Å². The fourth-order valence-corrected chi connectivity index (χ4v) is 3.12. The van der Waals surface area contributed by atoms with Crippen LogP contribution in [0.1, 0.15) is 0 Å². The zero-order valence-electron chi connectivity index (χ0n) is 11.2. The van der Waals surface area contributed by atoms with Gasteiger partial charge < -0.3 is 10.7 Å².